The molecule has 2 aromatic rings. The molecule has 20 heavy (non-hydrogen) atoms. The molecule has 0 bridgehead atoms. The topological polar surface area (TPSA) is 46.3 Å². The quantitative estimate of drug-likeness (QED) is 0.652. The highest BCUT2D eigenvalue weighted by molar-refractivity contribution is 14.1. The van der Waals surface area contributed by atoms with Crippen molar-refractivity contribution < 1.29 is 4.79 Å². The fraction of sp³-hybridized carbons (Fsp3) is 0.188. The first-order chi connectivity index (χ1) is 9.60. The lowest BCUT2D eigenvalue weighted by Crippen LogP contribution is -2.30. The van der Waals surface area contributed by atoms with Crippen molar-refractivity contribution in [1.82, 2.24) is 4.90 Å². The van der Waals surface area contributed by atoms with Crippen molar-refractivity contribution in [2.45, 2.75) is 13.5 Å². The zero-order valence-corrected chi connectivity index (χ0v) is 13.5. The highest BCUT2D eigenvalue weighted by atomic mass is 127. The first-order valence-corrected chi connectivity index (χ1v) is 7.57. The van der Waals surface area contributed by atoms with E-state index in [0.717, 1.165) is 20.4 Å². The van der Waals surface area contributed by atoms with Crippen molar-refractivity contribution in [2.75, 3.05) is 12.3 Å². The lowest BCUT2D eigenvalue weighted by Gasteiger charge is -2.21. The Balaban J connectivity index is 2.13. The van der Waals surface area contributed by atoms with Gasteiger partial charge in [0.05, 0.1) is 0 Å². The van der Waals surface area contributed by atoms with E-state index in [9.17, 15) is 4.79 Å². The summed E-state index contributed by atoms with van der Waals surface area (Å²) < 4.78 is 1.13. The molecule has 2 rings (SSSR count). The number of amides is 1. The molecule has 4 heteroatoms. The summed E-state index contributed by atoms with van der Waals surface area (Å²) in [5, 5.41) is 0. The van der Waals surface area contributed by atoms with Crippen LogP contribution in [0.5, 0.6) is 0 Å². The number of carbonyl (C=O) groups is 1. The van der Waals surface area contributed by atoms with Gasteiger partial charge >= 0.3 is 0 Å². The van der Waals surface area contributed by atoms with Crippen molar-refractivity contribution >= 4 is 34.2 Å². The van der Waals surface area contributed by atoms with Crippen LogP contribution < -0.4 is 5.73 Å². The van der Waals surface area contributed by atoms with E-state index in [1.807, 2.05) is 60.4 Å². The summed E-state index contributed by atoms with van der Waals surface area (Å²) in [7, 11) is 0. The molecule has 0 unspecified atom stereocenters. The molecule has 0 aromatic heterocycles. The van der Waals surface area contributed by atoms with Gasteiger partial charge in [-0.05, 0) is 71.5 Å². The minimum atomic E-state index is 0.0562. The first kappa shape index (κ1) is 14.8. The lowest BCUT2D eigenvalue weighted by atomic mass is 10.1. The molecule has 3 nitrogen and oxygen atoms in total. The summed E-state index contributed by atoms with van der Waals surface area (Å²) in [6.07, 6.45) is 0. The third kappa shape index (κ3) is 3.72. The number of hydrogen-bond donors (Lipinski definition) is 1. The predicted octanol–water partition coefficient (Wildman–Crippen LogP) is 3.54. The van der Waals surface area contributed by atoms with Crippen LogP contribution in [0.15, 0.2) is 48.5 Å². The Morgan fingerprint density at radius 3 is 2.25 bits per heavy atom. The number of hydrogen-bond acceptors (Lipinski definition) is 2. The van der Waals surface area contributed by atoms with Crippen LogP contribution in [0.3, 0.4) is 0 Å². The average molecular weight is 380 g/mol. The third-order valence-corrected chi connectivity index (χ3v) is 3.83. The van der Waals surface area contributed by atoms with E-state index >= 15 is 0 Å². The van der Waals surface area contributed by atoms with Crippen LogP contribution in [0.25, 0.3) is 0 Å². The van der Waals surface area contributed by atoms with Crippen molar-refractivity contribution in [3.8, 4) is 0 Å². The van der Waals surface area contributed by atoms with Gasteiger partial charge in [0.25, 0.3) is 5.91 Å². The number of halogens is 1. The van der Waals surface area contributed by atoms with Gasteiger partial charge in [0.1, 0.15) is 0 Å². The Labute approximate surface area is 132 Å². The van der Waals surface area contributed by atoms with E-state index in [1.54, 1.807) is 0 Å². The molecule has 2 N–H and O–H groups in total. The summed E-state index contributed by atoms with van der Waals surface area (Å²) in [5.41, 5.74) is 8.22. The van der Waals surface area contributed by atoms with Crippen LogP contribution in [0.4, 0.5) is 5.69 Å². The number of nitrogen functional groups attached to an aromatic ring is 1. The molecule has 0 atom stereocenters. The summed E-state index contributed by atoms with van der Waals surface area (Å²) in [6, 6.07) is 15.3. The molecule has 0 fully saturated rings. The lowest BCUT2D eigenvalue weighted by molar-refractivity contribution is 0.0752. The van der Waals surface area contributed by atoms with Gasteiger partial charge in [-0.3, -0.25) is 4.79 Å². The largest absolute Gasteiger partial charge is 0.399 e. The molecule has 0 saturated carbocycles. The van der Waals surface area contributed by atoms with Gasteiger partial charge in [-0.15, -0.1) is 0 Å². The van der Waals surface area contributed by atoms with Crippen LogP contribution in [0.2, 0.25) is 0 Å². The minimum Gasteiger partial charge on any atom is -0.399 e. The molecular weight excluding hydrogens is 363 g/mol. The van der Waals surface area contributed by atoms with E-state index in [2.05, 4.69) is 22.6 Å². The molecule has 0 aliphatic carbocycles. The molecule has 1 amide bonds. The van der Waals surface area contributed by atoms with Crippen LogP contribution in [-0.4, -0.2) is 17.4 Å². The van der Waals surface area contributed by atoms with Gasteiger partial charge in [-0.1, -0.05) is 12.1 Å². The van der Waals surface area contributed by atoms with Gasteiger partial charge in [-0.2, -0.15) is 0 Å². The molecule has 2 aromatic carbocycles. The van der Waals surface area contributed by atoms with Gasteiger partial charge in [-0.25, -0.2) is 0 Å². The maximum atomic E-state index is 12.5. The molecule has 0 radical (unpaired) electrons. The van der Waals surface area contributed by atoms with E-state index in [-0.39, 0.29) is 5.91 Å². The maximum absolute atomic E-state index is 12.5. The number of rotatable bonds is 4. The molecule has 0 heterocycles. The van der Waals surface area contributed by atoms with Gasteiger partial charge < -0.3 is 10.6 Å². The SMILES string of the molecule is CCN(Cc1ccc(N)cc1)C(=O)c1ccc(I)cc1. The van der Waals surface area contributed by atoms with Crippen molar-refractivity contribution in [3.63, 3.8) is 0 Å². The highest BCUT2D eigenvalue weighted by Crippen LogP contribution is 2.13. The van der Waals surface area contributed by atoms with Crippen LogP contribution in [0, 0.1) is 3.57 Å². The number of carbonyl (C=O) groups excluding carboxylic acids is 1. The summed E-state index contributed by atoms with van der Waals surface area (Å²) in [4.78, 5) is 14.3. The maximum Gasteiger partial charge on any atom is 0.254 e. The zero-order valence-electron chi connectivity index (χ0n) is 11.3. The summed E-state index contributed by atoms with van der Waals surface area (Å²) >= 11 is 2.23. The van der Waals surface area contributed by atoms with E-state index in [1.165, 1.54) is 0 Å². The number of anilines is 1. The van der Waals surface area contributed by atoms with Gasteiger partial charge in [0, 0.05) is 27.9 Å². The Morgan fingerprint density at radius 1 is 1.10 bits per heavy atom. The second-order valence-corrected chi connectivity index (χ2v) is 5.81. The fourth-order valence-electron chi connectivity index (χ4n) is 1.95. The Bertz CT molecular complexity index is 578. The summed E-state index contributed by atoms with van der Waals surface area (Å²) in [5.74, 6) is 0.0562. The Kier molecular flexibility index (Phi) is 5.00. The number of nitrogens with zero attached hydrogens (tertiary/aromatic N) is 1. The van der Waals surface area contributed by atoms with Gasteiger partial charge in [0.15, 0.2) is 0 Å². The Morgan fingerprint density at radius 2 is 1.70 bits per heavy atom. The van der Waals surface area contributed by atoms with Crippen LogP contribution in [-0.2, 0) is 6.54 Å². The second kappa shape index (κ2) is 6.74. The molecular formula is C16H17IN2O. The zero-order chi connectivity index (χ0) is 14.5. The van der Waals surface area contributed by atoms with E-state index < -0.39 is 0 Å². The smallest absolute Gasteiger partial charge is 0.254 e. The standard InChI is InChI=1S/C16H17IN2O/c1-2-19(11-12-3-9-15(18)10-4-12)16(20)13-5-7-14(17)8-6-13/h3-10H,2,11,18H2,1H3. The van der Waals surface area contributed by atoms with E-state index in [4.69, 9.17) is 5.73 Å². The normalized spacial score (nSPS) is 10.3. The monoisotopic (exact) mass is 380 g/mol. The fourth-order valence-corrected chi connectivity index (χ4v) is 2.31. The second-order valence-electron chi connectivity index (χ2n) is 4.57. The molecule has 0 aliphatic rings. The predicted molar refractivity (Wildman–Crippen MR) is 90.4 cm³/mol. The van der Waals surface area contributed by atoms with Gasteiger partial charge in [0.2, 0.25) is 0 Å². The van der Waals surface area contributed by atoms with Crippen molar-refractivity contribution in [1.29, 1.82) is 0 Å². The highest BCUT2D eigenvalue weighted by Gasteiger charge is 2.14. The molecule has 0 aliphatic heterocycles. The third-order valence-electron chi connectivity index (χ3n) is 3.11. The molecule has 104 valence electrons. The van der Waals surface area contributed by atoms with Crippen molar-refractivity contribution in [2.24, 2.45) is 0 Å². The molecule has 0 spiro atoms. The van der Waals surface area contributed by atoms with E-state index in [0.29, 0.717) is 13.1 Å². The number of benzene rings is 2. The van der Waals surface area contributed by atoms with Crippen LogP contribution in [0.1, 0.15) is 22.8 Å². The average Bonchev–Trinajstić information content (AvgIpc) is 2.47. The Hall–Kier alpha value is -1.56. The molecule has 0 saturated heterocycles. The minimum absolute atomic E-state index is 0.0562. The first-order valence-electron chi connectivity index (χ1n) is 6.49. The van der Waals surface area contributed by atoms with Crippen LogP contribution >= 0.6 is 22.6 Å². The number of nitrogens with two attached hydrogens (primary N) is 1. The van der Waals surface area contributed by atoms with Crippen molar-refractivity contribution in [3.05, 3.63) is 63.2 Å². The summed E-state index contributed by atoms with van der Waals surface area (Å²) in [6.45, 7) is 3.26.